The van der Waals surface area contributed by atoms with Gasteiger partial charge >= 0.3 is 12.3 Å². The lowest BCUT2D eigenvalue weighted by Gasteiger charge is -2.47. The lowest BCUT2D eigenvalue weighted by Crippen LogP contribution is -2.62. The minimum atomic E-state index is -4.40. The molecule has 2 aliphatic rings. The van der Waals surface area contributed by atoms with Crippen LogP contribution in [0, 0.1) is 0 Å². The third kappa shape index (κ3) is 5.79. The van der Waals surface area contributed by atoms with Crippen molar-refractivity contribution in [3.63, 3.8) is 0 Å². The van der Waals surface area contributed by atoms with Gasteiger partial charge in [-0.15, -0.1) is 0 Å². The van der Waals surface area contributed by atoms with Crippen molar-refractivity contribution in [2.45, 2.75) is 70.9 Å². The number of carbonyl (C=O) groups excluding carboxylic acids is 2. The maximum absolute atomic E-state index is 13.5. The highest BCUT2D eigenvalue weighted by atomic mass is 35.5. The Bertz CT molecular complexity index is 1480. The van der Waals surface area contributed by atoms with Crippen LogP contribution in [0.15, 0.2) is 24.8 Å². The Morgan fingerprint density at radius 1 is 1.12 bits per heavy atom. The molecule has 0 aromatic carbocycles. The van der Waals surface area contributed by atoms with Crippen LogP contribution in [0.3, 0.4) is 0 Å². The Balaban J connectivity index is 1.33. The minimum Gasteiger partial charge on any atom is -0.444 e. The molecule has 0 bridgehead atoms. The zero-order chi connectivity index (χ0) is 29.9. The van der Waals surface area contributed by atoms with Crippen molar-refractivity contribution < 1.29 is 27.5 Å². The third-order valence-corrected chi connectivity index (χ3v) is 7.46. The molecule has 15 heteroatoms. The van der Waals surface area contributed by atoms with Crippen LogP contribution in [-0.2, 0) is 16.1 Å². The Morgan fingerprint density at radius 2 is 1.85 bits per heavy atom. The van der Waals surface area contributed by atoms with Gasteiger partial charge in [-0.3, -0.25) is 13.9 Å². The molecular weight excluding hydrogens is 565 g/mol. The van der Waals surface area contributed by atoms with Gasteiger partial charge < -0.3 is 19.4 Å². The van der Waals surface area contributed by atoms with E-state index in [1.54, 1.807) is 43.0 Å². The molecule has 0 saturated carbocycles. The second-order valence-corrected chi connectivity index (χ2v) is 12.3. The summed E-state index contributed by atoms with van der Waals surface area (Å²) in [7, 11) is 0. The molecule has 5 rings (SSSR count). The van der Waals surface area contributed by atoms with E-state index in [9.17, 15) is 22.8 Å². The number of halogens is 4. The van der Waals surface area contributed by atoms with Gasteiger partial charge in [0.05, 0.1) is 23.6 Å². The fraction of sp³-hybridized carbons (Fsp3) is 0.577. The molecule has 11 nitrogen and oxygen atoms in total. The molecule has 2 fully saturated rings. The fourth-order valence-electron chi connectivity index (χ4n) is 5.16. The van der Waals surface area contributed by atoms with Crippen LogP contribution in [0.5, 0.6) is 0 Å². The molecule has 41 heavy (non-hydrogen) atoms. The average Bonchev–Trinajstić information content (AvgIpc) is 3.42. The van der Waals surface area contributed by atoms with E-state index in [-0.39, 0.29) is 42.0 Å². The molecule has 2 saturated heterocycles. The molecule has 0 N–H and O–H groups in total. The number of carbonyl (C=O) groups is 2. The summed E-state index contributed by atoms with van der Waals surface area (Å²) in [4.78, 5) is 39.0. The standard InChI is InChI=1S/C26H32ClF3N8O3/c1-24(2,3)41-23(40)34-8-9-38(25(4,5)15-34)20(39)14-35-12-16(10-32-35)17-13-37-19(27)11-31-21(37)22(33-17)36-7-6-18(36)26(28,29)30/h10-13,18H,6-9,14-15H2,1-5H3/t18-/m1/s1. The van der Waals surface area contributed by atoms with Gasteiger partial charge in [-0.05, 0) is 41.0 Å². The fourth-order valence-corrected chi connectivity index (χ4v) is 5.34. The number of imidazole rings is 1. The zero-order valence-electron chi connectivity index (χ0n) is 23.4. The average molecular weight is 597 g/mol. The number of rotatable bonds is 4. The predicted octanol–water partition coefficient (Wildman–Crippen LogP) is 4.25. The quantitative estimate of drug-likeness (QED) is 0.444. The number of anilines is 1. The Labute approximate surface area is 239 Å². The highest BCUT2D eigenvalue weighted by Gasteiger charge is 2.50. The highest BCUT2D eigenvalue weighted by Crippen LogP contribution is 2.39. The third-order valence-electron chi connectivity index (χ3n) is 7.18. The second-order valence-electron chi connectivity index (χ2n) is 12.0. The van der Waals surface area contributed by atoms with E-state index in [0.29, 0.717) is 30.9 Å². The number of hydrogen-bond acceptors (Lipinski definition) is 7. The molecule has 3 aromatic heterocycles. The lowest BCUT2D eigenvalue weighted by atomic mass is 9.99. The van der Waals surface area contributed by atoms with Gasteiger partial charge in [0.15, 0.2) is 11.5 Å². The molecule has 0 aliphatic carbocycles. The number of aromatic nitrogens is 5. The van der Waals surface area contributed by atoms with Crippen molar-refractivity contribution in [3.8, 4) is 11.3 Å². The van der Waals surface area contributed by atoms with Crippen LogP contribution in [0.25, 0.3) is 16.9 Å². The first-order valence-electron chi connectivity index (χ1n) is 13.2. The first-order chi connectivity index (χ1) is 19.0. The van der Waals surface area contributed by atoms with E-state index in [2.05, 4.69) is 15.1 Å². The molecule has 0 spiro atoms. The summed E-state index contributed by atoms with van der Waals surface area (Å²) in [5.74, 6) is -0.111. The van der Waals surface area contributed by atoms with Gasteiger partial charge in [0, 0.05) is 44.1 Å². The van der Waals surface area contributed by atoms with E-state index in [4.69, 9.17) is 16.3 Å². The number of alkyl halides is 3. The Morgan fingerprint density at radius 3 is 2.46 bits per heavy atom. The molecule has 0 unspecified atom stereocenters. The van der Waals surface area contributed by atoms with Crippen LogP contribution in [0.1, 0.15) is 41.0 Å². The van der Waals surface area contributed by atoms with Crippen molar-refractivity contribution >= 4 is 35.1 Å². The molecule has 1 atom stereocenters. The van der Waals surface area contributed by atoms with Crippen molar-refractivity contribution in [1.82, 2.24) is 33.9 Å². The van der Waals surface area contributed by atoms with Crippen LogP contribution in [0.2, 0.25) is 5.15 Å². The summed E-state index contributed by atoms with van der Waals surface area (Å²) in [6, 6.07) is -1.65. The van der Waals surface area contributed by atoms with Gasteiger partial charge in [0.1, 0.15) is 23.3 Å². The van der Waals surface area contributed by atoms with Crippen LogP contribution in [0.4, 0.5) is 23.8 Å². The predicted molar refractivity (Wildman–Crippen MR) is 145 cm³/mol. The largest absolute Gasteiger partial charge is 0.444 e. The molecule has 0 radical (unpaired) electrons. The zero-order valence-corrected chi connectivity index (χ0v) is 24.2. The molecule has 5 heterocycles. The molecule has 2 aliphatic heterocycles. The van der Waals surface area contributed by atoms with Crippen molar-refractivity contribution in [1.29, 1.82) is 0 Å². The summed E-state index contributed by atoms with van der Waals surface area (Å²) in [5.41, 5.74) is -0.198. The van der Waals surface area contributed by atoms with E-state index in [0.717, 1.165) is 0 Å². The van der Waals surface area contributed by atoms with Gasteiger partial charge in [0.2, 0.25) is 5.91 Å². The van der Waals surface area contributed by atoms with Crippen LogP contribution < -0.4 is 4.90 Å². The Kier molecular flexibility index (Phi) is 7.11. The number of nitrogens with zero attached hydrogens (tertiary/aromatic N) is 8. The molecule has 222 valence electrons. The maximum atomic E-state index is 13.5. The van der Waals surface area contributed by atoms with Crippen LogP contribution in [-0.4, -0.2) is 95.5 Å². The number of amides is 2. The summed E-state index contributed by atoms with van der Waals surface area (Å²) >= 11 is 6.27. The summed E-state index contributed by atoms with van der Waals surface area (Å²) in [5, 5.41) is 4.53. The summed E-state index contributed by atoms with van der Waals surface area (Å²) < 4.78 is 49.0. The number of hydrogen-bond donors (Lipinski definition) is 0. The summed E-state index contributed by atoms with van der Waals surface area (Å²) in [6.45, 7) is 10.3. The van der Waals surface area contributed by atoms with E-state index >= 15 is 0 Å². The first-order valence-corrected chi connectivity index (χ1v) is 13.6. The minimum absolute atomic E-state index is 0.0293. The van der Waals surface area contributed by atoms with Gasteiger partial charge in [-0.2, -0.15) is 18.3 Å². The maximum Gasteiger partial charge on any atom is 0.410 e. The Hall–Kier alpha value is -3.55. The monoisotopic (exact) mass is 596 g/mol. The smallest absolute Gasteiger partial charge is 0.410 e. The summed E-state index contributed by atoms with van der Waals surface area (Å²) in [6.07, 6.45) is 1.20. The molecular formula is C26H32ClF3N8O3. The highest BCUT2D eigenvalue weighted by molar-refractivity contribution is 6.29. The number of piperazine rings is 1. The number of fused-ring (bicyclic) bond motifs is 1. The molecule has 2 amide bonds. The lowest BCUT2D eigenvalue weighted by molar-refractivity contribution is -0.159. The topological polar surface area (TPSA) is 101 Å². The van der Waals surface area contributed by atoms with Crippen molar-refractivity contribution in [3.05, 3.63) is 29.9 Å². The molecule has 3 aromatic rings. The van der Waals surface area contributed by atoms with Gasteiger partial charge in [0.25, 0.3) is 0 Å². The van der Waals surface area contributed by atoms with Gasteiger partial charge in [-0.25, -0.2) is 14.8 Å². The van der Waals surface area contributed by atoms with E-state index in [1.165, 1.54) is 26.4 Å². The van der Waals surface area contributed by atoms with Crippen LogP contribution >= 0.6 is 11.6 Å². The van der Waals surface area contributed by atoms with E-state index < -0.39 is 29.5 Å². The van der Waals surface area contributed by atoms with E-state index in [1.807, 2.05) is 13.8 Å². The normalized spacial score (nSPS) is 19.4. The number of ether oxygens (including phenoxy) is 1. The second kappa shape index (κ2) is 10.1. The van der Waals surface area contributed by atoms with Crippen molar-refractivity contribution in [2.75, 3.05) is 31.1 Å². The first kappa shape index (κ1) is 29.0. The van der Waals surface area contributed by atoms with Crippen molar-refractivity contribution in [2.24, 2.45) is 0 Å². The SMILES string of the molecule is CC(C)(C)OC(=O)N1CCN(C(=O)Cn2cc(-c3cn4c(Cl)cnc4c(N4CC[C@@H]4C(F)(F)F)n3)cn2)C(C)(C)C1. The van der Waals surface area contributed by atoms with Gasteiger partial charge in [-0.1, -0.05) is 11.6 Å².